The van der Waals surface area contributed by atoms with E-state index in [9.17, 15) is 14.4 Å². The molecule has 25 heavy (non-hydrogen) atoms. The van der Waals surface area contributed by atoms with Gasteiger partial charge in [0.1, 0.15) is 6.04 Å². The lowest BCUT2D eigenvalue weighted by molar-refractivity contribution is -0.147. The Balaban J connectivity index is 2.57. The molecule has 0 aromatic heterocycles. The minimum Gasteiger partial charge on any atom is -0.466 e. The van der Waals surface area contributed by atoms with Gasteiger partial charge in [-0.05, 0) is 25.1 Å². The standard InChI is InChI=1S/C17H29N3O4S/c1-3-5-7-8-14(21)19-17(25)20-10-9-18-16(23)13(20)12-15(22)24-11-6-4-2/h13H,3-12H2,1-2H3,(H,18,23)(H,19,21,25). The molecule has 1 aliphatic rings. The maximum Gasteiger partial charge on any atom is 0.308 e. The number of carbonyl (C=O) groups excluding carboxylic acids is 3. The van der Waals surface area contributed by atoms with Crippen molar-refractivity contribution < 1.29 is 19.1 Å². The van der Waals surface area contributed by atoms with Gasteiger partial charge in [0.15, 0.2) is 5.11 Å². The molecule has 0 aliphatic carbocycles. The van der Waals surface area contributed by atoms with Crippen molar-refractivity contribution in [2.24, 2.45) is 0 Å². The first-order valence-electron chi connectivity index (χ1n) is 9.03. The van der Waals surface area contributed by atoms with Crippen LogP contribution in [0.2, 0.25) is 0 Å². The molecule has 1 unspecified atom stereocenters. The number of esters is 1. The number of thiocarbonyl (C=S) groups is 1. The van der Waals surface area contributed by atoms with Crippen molar-refractivity contribution in [3.05, 3.63) is 0 Å². The maximum absolute atomic E-state index is 12.1. The number of rotatable bonds is 9. The van der Waals surface area contributed by atoms with Crippen LogP contribution in [0.1, 0.15) is 58.8 Å². The maximum atomic E-state index is 12.1. The third-order valence-electron chi connectivity index (χ3n) is 3.97. The van der Waals surface area contributed by atoms with Crippen molar-refractivity contribution in [1.82, 2.24) is 15.5 Å². The normalized spacial score (nSPS) is 17.0. The van der Waals surface area contributed by atoms with Crippen molar-refractivity contribution >= 4 is 35.1 Å². The Morgan fingerprint density at radius 1 is 1.28 bits per heavy atom. The summed E-state index contributed by atoms with van der Waals surface area (Å²) in [7, 11) is 0. The molecule has 1 fully saturated rings. The van der Waals surface area contributed by atoms with Gasteiger partial charge in [-0.25, -0.2) is 0 Å². The lowest BCUT2D eigenvalue weighted by atomic mass is 10.1. The highest BCUT2D eigenvalue weighted by Gasteiger charge is 2.34. The van der Waals surface area contributed by atoms with Crippen LogP contribution in [0.4, 0.5) is 0 Å². The average molecular weight is 372 g/mol. The third-order valence-corrected chi connectivity index (χ3v) is 4.30. The molecule has 1 aliphatic heterocycles. The van der Waals surface area contributed by atoms with Crippen LogP contribution in [0.25, 0.3) is 0 Å². The summed E-state index contributed by atoms with van der Waals surface area (Å²) in [6.07, 6.45) is 4.86. The Hall–Kier alpha value is -1.70. The van der Waals surface area contributed by atoms with Gasteiger partial charge < -0.3 is 20.3 Å². The molecule has 1 saturated heterocycles. The van der Waals surface area contributed by atoms with Gasteiger partial charge in [-0.3, -0.25) is 14.4 Å². The fourth-order valence-corrected chi connectivity index (χ4v) is 2.83. The number of hydrogen-bond donors (Lipinski definition) is 2. The molecule has 0 aromatic carbocycles. The molecule has 0 bridgehead atoms. The van der Waals surface area contributed by atoms with Crippen molar-refractivity contribution in [2.45, 2.75) is 64.8 Å². The van der Waals surface area contributed by atoms with Crippen LogP contribution >= 0.6 is 12.2 Å². The molecule has 1 atom stereocenters. The quantitative estimate of drug-likeness (QED) is 0.363. The summed E-state index contributed by atoms with van der Waals surface area (Å²) in [6.45, 7) is 5.30. The minimum absolute atomic E-state index is 0.0820. The van der Waals surface area contributed by atoms with Gasteiger partial charge >= 0.3 is 5.97 Å². The Kier molecular flexibility index (Phi) is 10.1. The molecule has 142 valence electrons. The molecule has 7 nitrogen and oxygen atoms in total. The smallest absolute Gasteiger partial charge is 0.308 e. The molecule has 2 N–H and O–H groups in total. The third kappa shape index (κ3) is 7.81. The highest BCUT2D eigenvalue weighted by atomic mass is 32.1. The summed E-state index contributed by atoms with van der Waals surface area (Å²) >= 11 is 5.28. The van der Waals surface area contributed by atoms with E-state index in [1.54, 1.807) is 4.90 Å². The first-order chi connectivity index (χ1) is 12.0. The Bertz CT molecular complexity index is 485. The number of unbranched alkanes of at least 4 members (excludes halogenated alkanes) is 3. The molecule has 1 rings (SSSR count). The van der Waals surface area contributed by atoms with Gasteiger partial charge in [0.05, 0.1) is 13.0 Å². The van der Waals surface area contributed by atoms with Gasteiger partial charge in [0.2, 0.25) is 11.8 Å². The summed E-state index contributed by atoms with van der Waals surface area (Å²) < 4.78 is 5.13. The number of nitrogens with one attached hydrogen (secondary N) is 2. The molecule has 8 heteroatoms. The molecular formula is C17H29N3O4S. The van der Waals surface area contributed by atoms with Gasteiger partial charge in [0.25, 0.3) is 0 Å². The second kappa shape index (κ2) is 11.8. The predicted octanol–water partition coefficient (Wildman–Crippen LogP) is 1.50. The van der Waals surface area contributed by atoms with Crippen LogP contribution in [0.5, 0.6) is 0 Å². The number of hydrogen-bond acceptors (Lipinski definition) is 5. The second-order valence-electron chi connectivity index (χ2n) is 6.09. The average Bonchev–Trinajstić information content (AvgIpc) is 2.57. The number of nitrogens with zero attached hydrogens (tertiary/aromatic N) is 1. The van der Waals surface area contributed by atoms with Crippen LogP contribution < -0.4 is 10.6 Å². The molecule has 2 amide bonds. The Morgan fingerprint density at radius 2 is 2.00 bits per heavy atom. The van der Waals surface area contributed by atoms with E-state index in [0.29, 0.717) is 26.1 Å². The number of amides is 2. The van der Waals surface area contributed by atoms with E-state index in [1.165, 1.54) is 0 Å². The molecule has 0 spiro atoms. The largest absolute Gasteiger partial charge is 0.466 e. The monoisotopic (exact) mass is 371 g/mol. The first kappa shape index (κ1) is 21.3. The van der Waals surface area contributed by atoms with Crippen LogP contribution in [0.3, 0.4) is 0 Å². The predicted molar refractivity (Wildman–Crippen MR) is 98.9 cm³/mol. The van der Waals surface area contributed by atoms with Crippen LogP contribution in [0, 0.1) is 0 Å². The highest BCUT2D eigenvalue weighted by molar-refractivity contribution is 7.80. The van der Waals surface area contributed by atoms with E-state index in [4.69, 9.17) is 17.0 Å². The van der Waals surface area contributed by atoms with E-state index < -0.39 is 12.0 Å². The Morgan fingerprint density at radius 3 is 2.68 bits per heavy atom. The summed E-state index contributed by atoms with van der Waals surface area (Å²) in [6, 6.07) is -0.744. The fraction of sp³-hybridized carbons (Fsp3) is 0.765. The molecule has 0 radical (unpaired) electrons. The van der Waals surface area contributed by atoms with Crippen molar-refractivity contribution in [3.8, 4) is 0 Å². The van der Waals surface area contributed by atoms with Gasteiger partial charge in [-0.1, -0.05) is 33.1 Å². The van der Waals surface area contributed by atoms with E-state index >= 15 is 0 Å². The zero-order chi connectivity index (χ0) is 18.7. The number of piperazine rings is 1. The van der Waals surface area contributed by atoms with Crippen molar-refractivity contribution in [3.63, 3.8) is 0 Å². The molecular weight excluding hydrogens is 342 g/mol. The fourth-order valence-electron chi connectivity index (χ4n) is 2.50. The molecule has 0 saturated carbocycles. The zero-order valence-electron chi connectivity index (χ0n) is 15.1. The first-order valence-corrected chi connectivity index (χ1v) is 9.44. The SMILES string of the molecule is CCCCCC(=O)NC(=S)N1CCNC(=O)C1CC(=O)OCCCC. The lowest BCUT2D eigenvalue weighted by Crippen LogP contribution is -2.60. The zero-order valence-corrected chi connectivity index (χ0v) is 16.0. The van der Waals surface area contributed by atoms with Gasteiger partial charge in [-0.15, -0.1) is 0 Å². The van der Waals surface area contributed by atoms with E-state index in [2.05, 4.69) is 17.6 Å². The summed E-state index contributed by atoms with van der Waals surface area (Å²) in [5.41, 5.74) is 0. The van der Waals surface area contributed by atoms with Gasteiger partial charge in [-0.2, -0.15) is 0 Å². The Labute approximate surface area is 154 Å². The topological polar surface area (TPSA) is 87.7 Å². The molecule has 0 aromatic rings. The van der Waals surface area contributed by atoms with Crippen LogP contribution in [0.15, 0.2) is 0 Å². The van der Waals surface area contributed by atoms with Crippen molar-refractivity contribution in [1.29, 1.82) is 0 Å². The number of ether oxygens (including phenoxy) is 1. The van der Waals surface area contributed by atoms with Crippen molar-refractivity contribution in [2.75, 3.05) is 19.7 Å². The van der Waals surface area contributed by atoms with E-state index in [1.807, 2.05) is 6.92 Å². The summed E-state index contributed by atoms with van der Waals surface area (Å²) in [5.74, 6) is -0.868. The van der Waals surface area contributed by atoms with Crippen LogP contribution in [-0.2, 0) is 19.1 Å². The van der Waals surface area contributed by atoms with Crippen LogP contribution in [-0.4, -0.2) is 53.5 Å². The van der Waals surface area contributed by atoms with E-state index in [-0.39, 0.29) is 23.3 Å². The van der Waals surface area contributed by atoms with E-state index in [0.717, 1.165) is 32.1 Å². The minimum atomic E-state index is -0.744. The highest BCUT2D eigenvalue weighted by Crippen LogP contribution is 2.11. The second-order valence-corrected chi connectivity index (χ2v) is 6.48. The lowest BCUT2D eigenvalue weighted by Gasteiger charge is -2.36. The molecule has 1 heterocycles. The van der Waals surface area contributed by atoms with Gasteiger partial charge in [0, 0.05) is 19.5 Å². The summed E-state index contributed by atoms with van der Waals surface area (Å²) in [4.78, 5) is 37.6. The number of carbonyl (C=O) groups is 3. The summed E-state index contributed by atoms with van der Waals surface area (Å²) in [5, 5.41) is 5.59.